The van der Waals surface area contributed by atoms with Crippen LogP contribution in [0, 0.1) is 0 Å². The molecule has 0 unspecified atom stereocenters. The fourth-order valence-electron chi connectivity index (χ4n) is 3.17. The number of morpholine rings is 1. The Hall–Kier alpha value is -2.97. The summed E-state index contributed by atoms with van der Waals surface area (Å²) in [4.78, 5) is 11.4. The summed E-state index contributed by atoms with van der Waals surface area (Å²) in [5.41, 5.74) is 1.66. The molecule has 0 saturated carbocycles. The summed E-state index contributed by atoms with van der Waals surface area (Å²) >= 11 is 0. The number of nitrogens with one attached hydrogen (secondary N) is 1. The molecule has 29 heavy (non-hydrogen) atoms. The first kappa shape index (κ1) is 19.4. The summed E-state index contributed by atoms with van der Waals surface area (Å²) in [6.07, 6.45) is 2.81. The first-order valence-electron chi connectivity index (χ1n) is 9.80. The second kappa shape index (κ2) is 9.49. The number of anilines is 1. The highest BCUT2D eigenvalue weighted by molar-refractivity contribution is 5.60. The summed E-state index contributed by atoms with van der Waals surface area (Å²) < 4.78 is 15.9. The highest BCUT2D eigenvalue weighted by Crippen LogP contribution is 2.24. The van der Waals surface area contributed by atoms with Crippen molar-refractivity contribution in [3.8, 4) is 28.6 Å². The third-order valence-electron chi connectivity index (χ3n) is 4.85. The van der Waals surface area contributed by atoms with Gasteiger partial charge in [0, 0.05) is 31.4 Å². The molecule has 1 aromatic carbocycles. The van der Waals surface area contributed by atoms with E-state index in [1.54, 1.807) is 13.3 Å². The molecule has 4 rings (SSSR count). The molecule has 0 radical (unpaired) electrons. The van der Waals surface area contributed by atoms with Crippen LogP contribution in [-0.2, 0) is 4.74 Å². The predicted molar refractivity (Wildman–Crippen MR) is 110 cm³/mol. The molecule has 0 aliphatic carbocycles. The van der Waals surface area contributed by atoms with E-state index in [0.717, 1.165) is 68.5 Å². The van der Waals surface area contributed by atoms with Crippen molar-refractivity contribution in [3.05, 3.63) is 42.6 Å². The molecule has 0 amide bonds. The van der Waals surface area contributed by atoms with Crippen LogP contribution in [0.4, 0.5) is 5.82 Å². The minimum absolute atomic E-state index is 0.446. The lowest BCUT2D eigenvalue weighted by molar-refractivity contribution is 0.0378. The van der Waals surface area contributed by atoms with Gasteiger partial charge in [0.25, 0.3) is 5.89 Å². The molecule has 1 aliphatic rings. The second-order valence-electron chi connectivity index (χ2n) is 6.82. The van der Waals surface area contributed by atoms with Crippen molar-refractivity contribution >= 4 is 5.82 Å². The van der Waals surface area contributed by atoms with Crippen molar-refractivity contribution in [1.82, 2.24) is 20.0 Å². The molecule has 1 N–H and O–H groups in total. The SMILES string of the molecule is COc1ccc(-c2noc(-c3ccc(NCCCN4CCOCC4)nc3)n2)cc1. The summed E-state index contributed by atoms with van der Waals surface area (Å²) in [5, 5.41) is 7.42. The number of hydrogen-bond acceptors (Lipinski definition) is 8. The maximum absolute atomic E-state index is 5.40. The molecule has 8 nitrogen and oxygen atoms in total. The minimum atomic E-state index is 0.446. The lowest BCUT2D eigenvalue weighted by Crippen LogP contribution is -2.37. The van der Waals surface area contributed by atoms with Crippen molar-refractivity contribution in [2.45, 2.75) is 6.42 Å². The number of pyridine rings is 1. The Labute approximate surface area is 169 Å². The van der Waals surface area contributed by atoms with Gasteiger partial charge in [-0.1, -0.05) is 5.16 Å². The van der Waals surface area contributed by atoms with Crippen molar-refractivity contribution in [2.24, 2.45) is 0 Å². The maximum Gasteiger partial charge on any atom is 0.259 e. The average molecular weight is 395 g/mol. The number of methoxy groups -OCH3 is 1. The molecule has 1 saturated heterocycles. The van der Waals surface area contributed by atoms with Crippen LogP contribution >= 0.6 is 0 Å². The van der Waals surface area contributed by atoms with Crippen LogP contribution in [0.3, 0.4) is 0 Å². The second-order valence-corrected chi connectivity index (χ2v) is 6.82. The van der Waals surface area contributed by atoms with E-state index in [-0.39, 0.29) is 0 Å². The molecular weight excluding hydrogens is 370 g/mol. The molecule has 8 heteroatoms. The van der Waals surface area contributed by atoms with E-state index in [1.807, 2.05) is 36.4 Å². The quantitative estimate of drug-likeness (QED) is 0.583. The molecule has 1 fully saturated rings. The molecule has 152 valence electrons. The van der Waals surface area contributed by atoms with Gasteiger partial charge < -0.3 is 19.3 Å². The number of hydrogen-bond donors (Lipinski definition) is 1. The number of ether oxygens (including phenoxy) is 2. The van der Waals surface area contributed by atoms with Gasteiger partial charge in [0.2, 0.25) is 5.82 Å². The van der Waals surface area contributed by atoms with Gasteiger partial charge in [0.15, 0.2) is 0 Å². The van der Waals surface area contributed by atoms with Crippen LogP contribution in [0.2, 0.25) is 0 Å². The van der Waals surface area contributed by atoms with E-state index >= 15 is 0 Å². The zero-order chi connectivity index (χ0) is 19.9. The van der Waals surface area contributed by atoms with E-state index in [2.05, 4.69) is 25.3 Å². The topological polar surface area (TPSA) is 85.5 Å². The maximum atomic E-state index is 5.40. The number of nitrogens with zero attached hydrogens (tertiary/aromatic N) is 4. The van der Waals surface area contributed by atoms with Crippen LogP contribution in [0.15, 0.2) is 47.1 Å². The molecule has 3 heterocycles. The zero-order valence-corrected chi connectivity index (χ0v) is 16.5. The number of aromatic nitrogens is 3. The largest absolute Gasteiger partial charge is 0.497 e. The van der Waals surface area contributed by atoms with Crippen LogP contribution in [-0.4, -0.2) is 66.5 Å². The Balaban J connectivity index is 1.30. The van der Waals surface area contributed by atoms with E-state index in [0.29, 0.717) is 11.7 Å². The Bertz CT molecular complexity index is 889. The molecular formula is C21H25N5O3. The van der Waals surface area contributed by atoms with Gasteiger partial charge in [0.05, 0.1) is 25.9 Å². The normalized spacial score (nSPS) is 14.7. The fourth-order valence-corrected chi connectivity index (χ4v) is 3.17. The third kappa shape index (κ3) is 5.10. The van der Waals surface area contributed by atoms with E-state index in [9.17, 15) is 0 Å². The fraction of sp³-hybridized carbons (Fsp3) is 0.381. The Morgan fingerprint density at radius 2 is 1.86 bits per heavy atom. The van der Waals surface area contributed by atoms with Gasteiger partial charge in [-0.15, -0.1) is 0 Å². The number of benzene rings is 1. The Morgan fingerprint density at radius 3 is 2.59 bits per heavy atom. The van der Waals surface area contributed by atoms with Gasteiger partial charge in [-0.25, -0.2) is 4.98 Å². The highest BCUT2D eigenvalue weighted by atomic mass is 16.5. The van der Waals surface area contributed by atoms with Gasteiger partial charge in [0.1, 0.15) is 11.6 Å². The molecule has 3 aromatic rings. The highest BCUT2D eigenvalue weighted by Gasteiger charge is 2.12. The summed E-state index contributed by atoms with van der Waals surface area (Å²) in [7, 11) is 1.64. The monoisotopic (exact) mass is 395 g/mol. The van der Waals surface area contributed by atoms with Crippen LogP contribution in [0.1, 0.15) is 6.42 Å². The first-order chi connectivity index (χ1) is 14.3. The predicted octanol–water partition coefficient (Wildman–Crippen LogP) is 2.94. The van der Waals surface area contributed by atoms with Gasteiger partial charge in [-0.3, -0.25) is 4.90 Å². The lowest BCUT2D eigenvalue weighted by atomic mass is 10.2. The first-order valence-corrected chi connectivity index (χ1v) is 9.80. The molecule has 0 spiro atoms. The van der Waals surface area contributed by atoms with Gasteiger partial charge >= 0.3 is 0 Å². The molecule has 0 bridgehead atoms. The molecule has 0 atom stereocenters. The summed E-state index contributed by atoms with van der Waals surface area (Å²) in [5.74, 6) is 2.61. The van der Waals surface area contributed by atoms with Gasteiger partial charge in [-0.2, -0.15) is 4.98 Å². The van der Waals surface area contributed by atoms with E-state index in [4.69, 9.17) is 14.0 Å². The standard InChI is InChI=1S/C21H25N5O3/c1-27-18-6-3-16(4-7-18)20-24-21(29-25-20)17-5-8-19(23-15-17)22-9-2-10-26-11-13-28-14-12-26/h3-8,15H,2,9-14H2,1H3,(H,22,23). The third-order valence-corrected chi connectivity index (χ3v) is 4.85. The Morgan fingerprint density at radius 1 is 1.07 bits per heavy atom. The molecule has 1 aliphatic heterocycles. The van der Waals surface area contributed by atoms with E-state index in [1.165, 1.54) is 0 Å². The molecule has 2 aromatic heterocycles. The van der Waals surface area contributed by atoms with Crippen LogP contribution in [0.25, 0.3) is 22.8 Å². The lowest BCUT2D eigenvalue weighted by Gasteiger charge is -2.26. The smallest absolute Gasteiger partial charge is 0.259 e. The summed E-state index contributed by atoms with van der Waals surface area (Å²) in [6, 6.07) is 11.4. The van der Waals surface area contributed by atoms with E-state index < -0.39 is 0 Å². The Kier molecular flexibility index (Phi) is 6.33. The zero-order valence-electron chi connectivity index (χ0n) is 16.5. The van der Waals surface area contributed by atoms with Crippen LogP contribution in [0.5, 0.6) is 5.75 Å². The van der Waals surface area contributed by atoms with Crippen molar-refractivity contribution in [1.29, 1.82) is 0 Å². The minimum Gasteiger partial charge on any atom is -0.497 e. The van der Waals surface area contributed by atoms with Gasteiger partial charge in [-0.05, 0) is 49.4 Å². The van der Waals surface area contributed by atoms with Crippen molar-refractivity contribution in [2.75, 3.05) is 51.8 Å². The summed E-state index contributed by atoms with van der Waals surface area (Å²) in [6.45, 7) is 5.68. The number of rotatable bonds is 8. The van der Waals surface area contributed by atoms with Crippen LogP contribution < -0.4 is 10.1 Å². The van der Waals surface area contributed by atoms with Crippen molar-refractivity contribution < 1.29 is 14.0 Å². The van der Waals surface area contributed by atoms with Crippen molar-refractivity contribution in [3.63, 3.8) is 0 Å². The average Bonchev–Trinajstić information content (AvgIpc) is 3.28.